The van der Waals surface area contributed by atoms with Gasteiger partial charge in [-0.25, -0.2) is 9.78 Å². The second-order valence-corrected chi connectivity index (χ2v) is 9.70. The first-order chi connectivity index (χ1) is 16.6. The lowest BCUT2D eigenvalue weighted by atomic mass is 10.1. The Morgan fingerprint density at radius 2 is 2.03 bits per heavy atom. The molecule has 0 aliphatic carbocycles. The van der Waals surface area contributed by atoms with E-state index in [0.29, 0.717) is 30.5 Å². The molecule has 2 atom stereocenters. The third-order valence-electron chi connectivity index (χ3n) is 6.48. The molecule has 2 aromatic heterocycles. The molecule has 1 saturated heterocycles. The van der Waals surface area contributed by atoms with Gasteiger partial charge in [-0.3, -0.25) is 14.5 Å². The second kappa shape index (κ2) is 8.44. The number of rotatable bonds is 6. The van der Waals surface area contributed by atoms with Crippen LogP contribution in [0.4, 0.5) is 16.4 Å². The van der Waals surface area contributed by atoms with Crippen LogP contribution < -0.4 is 21.1 Å². The van der Waals surface area contributed by atoms with Crippen molar-refractivity contribution in [3.8, 4) is 0 Å². The van der Waals surface area contributed by atoms with Crippen molar-refractivity contribution in [2.24, 2.45) is 0 Å². The second-order valence-electron chi connectivity index (χ2n) is 8.69. The number of ether oxygens (including phenoxy) is 1. The van der Waals surface area contributed by atoms with E-state index in [1.165, 1.54) is 16.7 Å². The molecular weight excluding hydrogens is 454 g/mol. The molecule has 174 valence electrons. The van der Waals surface area contributed by atoms with Gasteiger partial charge in [-0.2, -0.15) is 0 Å². The standard InChI is InChI=1S/C24H23N5O4S/c30-20-13-34-18-7-8-19(26-23(18)27-20)28-11-15(33-24(28)32)4-2-10-25-17-12-29-21(31)9-6-14-3-1-5-16(17)22(14)29/h1,3,5-9,15,17,25H,2,4,10-13H2,(H,26,27,30)/t15-,17+/m0/s1. The summed E-state index contributed by atoms with van der Waals surface area (Å²) in [4.78, 5) is 43.2. The van der Waals surface area contributed by atoms with Gasteiger partial charge in [0.15, 0.2) is 0 Å². The van der Waals surface area contributed by atoms with Crippen molar-refractivity contribution < 1.29 is 14.3 Å². The van der Waals surface area contributed by atoms with Gasteiger partial charge in [0.2, 0.25) is 5.91 Å². The molecule has 2 N–H and O–H groups in total. The number of para-hydroxylation sites is 1. The van der Waals surface area contributed by atoms with Crippen molar-refractivity contribution in [2.45, 2.75) is 36.4 Å². The molecule has 5 heterocycles. The van der Waals surface area contributed by atoms with Crippen molar-refractivity contribution in [3.05, 3.63) is 58.4 Å². The molecule has 6 rings (SSSR count). The van der Waals surface area contributed by atoms with E-state index in [2.05, 4.69) is 21.7 Å². The molecule has 0 radical (unpaired) electrons. The zero-order valence-electron chi connectivity index (χ0n) is 18.3. The largest absolute Gasteiger partial charge is 0.444 e. The number of nitrogens with zero attached hydrogens (tertiary/aromatic N) is 3. The highest BCUT2D eigenvalue weighted by Gasteiger charge is 2.33. The van der Waals surface area contributed by atoms with Crippen LogP contribution in [0.15, 0.2) is 52.2 Å². The predicted molar refractivity (Wildman–Crippen MR) is 129 cm³/mol. The zero-order valence-corrected chi connectivity index (χ0v) is 19.1. The number of carbonyl (C=O) groups is 2. The number of fused-ring (bicyclic) bond motifs is 1. The third-order valence-corrected chi connectivity index (χ3v) is 7.53. The predicted octanol–water partition coefficient (Wildman–Crippen LogP) is 2.89. The van der Waals surface area contributed by atoms with Gasteiger partial charge in [-0.05, 0) is 48.5 Å². The van der Waals surface area contributed by atoms with Gasteiger partial charge in [0.05, 0.1) is 28.8 Å². The molecule has 0 saturated carbocycles. The van der Waals surface area contributed by atoms with Crippen LogP contribution in [0.25, 0.3) is 10.9 Å². The van der Waals surface area contributed by atoms with Crippen LogP contribution in [0, 0.1) is 0 Å². The first kappa shape index (κ1) is 21.2. The summed E-state index contributed by atoms with van der Waals surface area (Å²) in [6.45, 7) is 1.80. The fourth-order valence-electron chi connectivity index (χ4n) is 4.87. The zero-order chi connectivity index (χ0) is 23.2. The summed E-state index contributed by atoms with van der Waals surface area (Å²) in [7, 11) is 0. The number of carbonyl (C=O) groups excluding carboxylic acids is 2. The van der Waals surface area contributed by atoms with Crippen molar-refractivity contribution in [2.75, 3.05) is 29.1 Å². The Hall–Kier alpha value is -3.37. The number of benzene rings is 1. The first-order valence-corrected chi connectivity index (χ1v) is 12.3. The number of amides is 2. The number of nitrogens with one attached hydrogen (secondary N) is 2. The Kier molecular flexibility index (Phi) is 5.26. The van der Waals surface area contributed by atoms with E-state index < -0.39 is 6.09 Å². The number of anilines is 2. The molecule has 0 bridgehead atoms. The molecule has 1 aromatic carbocycles. The number of thioether (sulfide) groups is 1. The molecule has 3 aromatic rings. The topological polar surface area (TPSA) is 106 Å². The number of hydrogen-bond donors (Lipinski definition) is 2. The average molecular weight is 478 g/mol. The molecule has 2 amide bonds. The molecule has 1 fully saturated rings. The van der Waals surface area contributed by atoms with Crippen LogP contribution in [0.1, 0.15) is 24.4 Å². The summed E-state index contributed by atoms with van der Waals surface area (Å²) in [6.07, 6.45) is 0.908. The fourth-order valence-corrected chi connectivity index (χ4v) is 5.63. The normalized spacial score (nSPS) is 21.0. The minimum absolute atomic E-state index is 0.0242. The van der Waals surface area contributed by atoms with Gasteiger partial charge in [0.1, 0.15) is 17.7 Å². The van der Waals surface area contributed by atoms with Gasteiger partial charge in [-0.1, -0.05) is 18.2 Å². The smallest absolute Gasteiger partial charge is 0.415 e. The van der Waals surface area contributed by atoms with Gasteiger partial charge in [0.25, 0.3) is 5.56 Å². The fraction of sp³-hybridized carbons (Fsp3) is 0.333. The average Bonchev–Trinajstić information content (AvgIpc) is 3.40. The lowest BCUT2D eigenvalue weighted by molar-refractivity contribution is -0.113. The van der Waals surface area contributed by atoms with Crippen LogP contribution in [0.3, 0.4) is 0 Å². The minimum atomic E-state index is -0.419. The first-order valence-electron chi connectivity index (χ1n) is 11.3. The summed E-state index contributed by atoms with van der Waals surface area (Å²) in [6, 6.07) is 13.4. The third kappa shape index (κ3) is 3.72. The van der Waals surface area contributed by atoms with Crippen molar-refractivity contribution in [1.29, 1.82) is 0 Å². The highest BCUT2D eigenvalue weighted by atomic mass is 32.2. The quantitative estimate of drug-likeness (QED) is 0.526. The SMILES string of the molecule is O=C1CSc2ccc(N3C[C@H](CCCN[C@@H]4Cn5c(=O)ccc6cccc4c65)OC3=O)nc2N1. The molecule has 3 aliphatic heterocycles. The van der Waals surface area contributed by atoms with E-state index in [4.69, 9.17) is 4.74 Å². The monoisotopic (exact) mass is 477 g/mol. The van der Waals surface area contributed by atoms with Crippen LogP contribution in [-0.4, -0.2) is 46.5 Å². The Morgan fingerprint density at radius 3 is 2.94 bits per heavy atom. The van der Waals surface area contributed by atoms with Gasteiger partial charge in [0, 0.05) is 12.6 Å². The molecule has 0 spiro atoms. The summed E-state index contributed by atoms with van der Waals surface area (Å²) in [5.41, 5.74) is 2.19. The maximum absolute atomic E-state index is 12.4. The Labute approximate surface area is 199 Å². The Balaban J connectivity index is 1.05. The molecule has 0 unspecified atom stereocenters. The van der Waals surface area contributed by atoms with E-state index in [-0.39, 0.29) is 23.6 Å². The summed E-state index contributed by atoms with van der Waals surface area (Å²) >= 11 is 1.43. The number of hydrogen-bond acceptors (Lipinski definition) is 7. The van der Waals surface area contributed by atoms with E-state index in [0.717, 1.165) is 40.7 Å². The van der Waals surface area contributed by atoms with Crippen LogP contribution in [0.5, 0.6) is 0 Å². The highest BCUT2D eigenvalue weighted by molar-refractivity contribution is 8.00. The van der Waals surface area contributed by atoms with Crippen LogP contribution in [-0.2, 0) is 16.1 Å². The highest BCUT2D eigenvalue weighted by Crippen LogP contribution is 2.33. The van der Waals surface area contributed by atoms with E-state index >= 15 is 0 Å². The van der Waals surface area contributed by atoms with E-state index in [9.17, 15) is 14.4 Å². The number of pyridine rings is 2. The van der Waals surface area contributed by atoms with Crippen LogP contribution >= 0.6 is 11.8 Å². The lowest BCUT2D eigenvalue weighted by Gasteiger charge is -2.18. The van der Waals surface area contributed by atoms with Crippen molar-refractivity contribution in [3.63, 3.8) is 0 Å². The van der Waals surface area contributed by atoms with Crippen LogP contribution in [0.2, 0.25) is 0 Å². The molecule has 3 aliphatic rings. The van der Waals surface area contributed by atoms with Crippen molar-refractivity contribution >= 4 is 46.3 Å². The summed E-state index contributed by atoms with van der Waals surface area (Å²) in [5, 5.41) is 7.40. The maximum atomic E-state index is 12.4. The molecule has 9 nitrogen and oxygen atoms in total. The number of cyclic esters (lactones) is 1. The van der Waals surface area contributed by atoms with E-state index in [1.54, 1.807) is 12.1 Å². The van der Waals surface area contributed by atoms with E-state index in [1.807, 2.05) is 28.8 Å². The molecule has 34 heavy (non-hydrogen) atoms. The molecule has 10 heteroatoms. The molecular formula is C24H23N5O4S. The summed E-state index contributed by atoms with van der Waals surface area (Å²) in [5.74, 6) is 1.25. The minimum Gasteiger partial charge on any atom is -0.444 e. The van der Waals surface area contributed by atoms with Crippen molar-refractivity contribution in [1.82, 2.24) is 14.9 Å². The van der Waals surface area contributed by atoms with Gasteiger partial charge in [-0.15, -0.1) is 11.8 Å². The summed E-state index contributed by atoms with van der Waals surface area (Å²) < 4.78 is 7.40. The Morgan fingerprint density at radius 1 is 1.12 bits per heavy atom. The van der Waals surface area contributed by atoms with Gasteiger partial charge < -0.3 is 19.9 Å². The Bertz CT molecular complexity index is 1370. The number of aromatic nitrogens is 2. The lowest BCUT2D eigenvalue weighted by Crippen LogP contribution is -2.28. The van der Waals surface area contributed by atoms with Gasteiger partial charge >= 0.3 is 6.09 Å². The maximum Gasteiger partial charge on any atom is 0.415 e.